The predicted octanol–water partition coefficient (Wildman–Crippen LogP) is 4.85. The smallest absolute Gasteiger partial charge is 0.294 e. The van der Waals surface area contributed by atoms with Crippen molar-refractivity contribution in [3.63, 3.8) is 0 Å². The van der Waals surface area contributed by atoms with Crippen molar-refractivity contribution in [2.24, 2.45) is 0 Å². The number of benzene rings is 2. The van der Waals surface area contributed by atoms with E-state index in [-0.39, 0.29) is 11.4 Å². The fourth-order valence-corrected chi connectivity index (χ4v) is 4.46. The van der Waals surface area contributed by atoms with Gasteiger partial charge in [0.1, 0.15) is 12.3 Å². The molecular formula is C20H17BrN2O4S2. The first-order valence-electron chi connectivity index (χ1n) is 8.44. The minimum atomic E-state index is -0.486. The second-order valence-electron chi connectivity index (χ2n) is 5.94. The molecule has 0 spiro atoms. The lowest BCUT2D eigenvalue weighted by Gasteiger charge is -2.12. The highest BCUT2D eigenvalue weighted by Gasteiger charge is 2.36. The lowest BCUT2D eigenvalue weighted by Crippen LogP contribution is -2.36. The first kappa shape index (κ1) is 21.5. The summed E-state index contributed by atoms with van der Waals surface area (Å²) in [5.74, 6) is -0.253. The number of amides is 3. The molecule has 0 saturated carbocycles. The normalized spacial score (nSPS) is 15.1. The Morgan fingerprint density at radius 3 is 2.76 bits per heavy atom. The van der Waals surface area contributed by atoms with Crippen molar-refractivity contribution in [1.29, 1.82) is 0 Å². The van der Waals surface area contributed by atoms with Gasteiger partial charge >= 0.3 is 0 Å². The second-order valence-corrected chi connectivity index (χ2v) is 8.67. The third-order valence-corrected chi connectivity index (χ3v) is 6.25. The molecule has 2 aromatic rings. The number of carbonyl (C=O) groups is 3. The zero-order valence-electron chi connectivity index (χ0n) is 15.6. The fourth-order valence-electron chi connectivity index (χ4n) is 2.61. The van der Waals surface area contributed by atoms with E-state index in [1.807, 2.05) is 24.5 Å². The predicted molar refractivity (Wildman–Crippen MR) is 120 cm³/mol. The number of rotatable bonds is 6. The molecule has 29 heavy (non-hydrogen) atoms. The summed E-state index contributed by atoms with van der Waals surface area (Å²) in [5, 5.41) is 2.25. The molecule has 0 aliphatic carbocycles. The summed E-state index contributed by atoms with van der Waals surface area (Å²) in [7, 11) is 1.56. The topological polar surface area (TPSA) is 75.7 Å². The summed E-state index contributed by atoms with van der Waals surface area (Å²) in [4.78, 5) is 39.4. The molecule has 3 rings (SSSR count). The van der Waals surface area contributed by atoms with Crippen LogP contribution in [0.25, 0.3) is 6.08 Å². The van der Waals surface area contributed by atoms with Crippen LogP contribution in [0.5, 0.6) is 5.75 Å². The third kappa shape index (κ3) is 5.23. The maximum absolute atomic E-state index is 12.6. The van der Waals surface area contributed by atoms with Gasteiger partial charge in [0.05, 0.1) is 16.5 Å². The molecule has 0 radical (unpaired) electrons. The van der Waals surface area contributed by atoms with E-state index in [2.05, 4.69) is 21.2 Å². The van der Waals surface area contributed by atoms with Crippen LogP contribution >= 0.6 is 39.5 Å². The van der Waals surface area contributed by atoms with Crippen LogP contribution in [-0.4, -0.2) is 41.9 Å². The number of halogens is 1. The minimum absolute atomic E-state index is 0.268. The highest BCUT2D eigenvalue weighted by atomic mass is 79.9. The van der Waals surface area contributed by atoms with Gasteiger partial charge in [0.25, 0.3) is 11.1 Å². The summed E-state index contributed by atoms with van der Waals surface area (Å²) in [6.07, 6.45) is 3.56. The first-order valence-corrected chi connectivity index (χ1v) is 11.3. The third-order valence-electron chi connectivity index (χ3n) is 4.00. The zero-order valence-corrected chi connectivity index (χ0v) is 18.8. The fraction of sp³-hybridized carbons (Fsp3) is 0.150. The van der Waals surface area contributed by atoms with Gasteiger partial charge in [0, 0.05) is 10.6 Å². The van der Waals surface area contributed by atoms with E-state index in [1.165, 1.54) is 0 Å². The lowest BCUT2D eigenvalue weighted by atomic mass is 10.2. The molecule has 150 valence electrons. The SMILES string of the molecule is COc1ccc(/C=C2/SC(=O)N(CC(=O)Nc3cccc(SC)c3)C2=O)cc1Br. The Labute approximate surface area is 185 Å². The van der Waals surface area contributed by atoms with E-state index < -0.39 is 17.1 Å². The van der Waals surface area contributed by atoms with Gasteiger partial charge in [0.2, 0.25) is 5.91 Å². The average Bonchev–Trinajstić information content (AvgIpc) is 2.95. The first-order chi connectivity index (χ1) is 13.9. The number of thioether (sulfide) groups is 2. The molecule has 1 heterocycles. The number of imide groups is 1. The van der Waals surface area contributed by atoms with E-state index in [0.29, 0.717) is 11.4 Å². The van der Waals surface area contributed by atoms with E-state index in [9.17, 15) is 14.4 Å². The van der Waals surface area contributed by atoms with E-state index in [0.717, 1.165) is 31.6 Å². The van der Waals surface area contributed by atoms with Crippen molar-refractivity contribution in [2.45, 2.75) is 4.90 Å². The van der Waals surface area contributed by atoms with Gasteiger partial charge in [-0.15, -0.1) is 11.8 Å². The van der Waals surface area contributed by atoms with E-state index >= 15 is 0 Å². The van der Waals surface area contributed by atoms with Crippen LogP contribution in [0.2, 0.25) is 0 Å². The molecule has 1 saturated heterocycles. The molecule has 0 atom stereocenters. The van der Waals surface area contributed by atoms with Crippen LogP contribution in [0.1, 0.15) is 5.56 Å². The second kappa shape index (κ2) is 9.51. The summed E-state index contributed by atoms with van der Waals surface area (Å²) >= 11 is 5.76. The zero-order chi connectivity index (χ0) is 21.0. The monoisotopic (exact) mass is 492 g/mol. The van der Waals surface area contributed by atoms with Crippen LogP contribution in [0.4, 0.5) is 10.5 Å². The van der Waals surface area contributed by atoms with Crippen molar-refractivity contribution < 1.29 is 19.1 Å². The largest absolute Gasteiger partial charge is 0.496 e. The number of nitrogens with zero attached hydrogens (tertiary/aromatic N) is 1. The summed E-state index contributed by atoms with van der Waals surface area (Å²) < 4.78 is 5.92. The molecule has 2 aromatic carbocycles. The van der Waals surface area contributed by atoms with Crippen molar-refractivity contribution in [1.82, 2.24) is 4.90 Å². The molecule has 3 amide bonds. The molecule has 0 unspecified atom stereocenters. The van der Waals surface area contributed by atoms with Gasteiger partial charge < -0.3 is 10.1 Å². The Bertz CT molecular complexity index is 1010. The van der Waals surface area contributed by atoms with Crippen LogP contribution in [0, 0.1) is 0 Å². The maximum Gasteiger partial charge on any atom is 0.294 e. The lowest BCUT2D eigenvalue weighted by molar-refractivity contribution is -0.127. The van der Waals surface area contributed by atoms with Crippen molar-refractivity contribution in [3.05, 3.63) is 57.4 Å². The number of ether oxygens (including phenoxy) is 1. The van der Waals surface area contributed by atoms with Crippen molar-refractivity contribution in [3.8, 4) is 5.75 Å². The molecular weight excluding hydrogens is 476 g/mol. The standard InChI is InChI=1S/C20H17BrN2O4S2/c1-27-16-7-6-12(8-15(16)21)9-17-19(25)23(20(26)29-17)11-18(24)22-13-4-3-5-14(10-13)28-2/h3-10H,11H2,1-2H3,(H,22,24)/b17-9+. The summed E-state index contributed by atoms with van der Waals surface area (Å²) in [5.41, 5.74) is 1.36. The highest BCUT2D eigenvalue weighted by Crippen LogP contribution is 2.33. The van der Waals surface area contributed by atoms with Crippen molar-refractivity contribution in [2.75, 3.05) is 25.2 Å². The number of methoxy groups -OCH3 is 1. The summed E-state index contributed by atoms with van der Waals surface area (Å²) in [6.45, 7) is -0.336. The molecule has 1 N–H and O–H groups in total. The number of anilines is 1. The van der Waals surface area contributed by atoms with Gasteiger partial charge in [-0.1, -0.05) is 12.1 Å². The van der Waals surface area contributed by atoms with Crippen LogP contribution < -0.4 is 10.1 Å². The Morgan fingerprint density at radius 1 is 1.28 bits per heavy atom. The maximum atomic E-state index is 12.6. The molecule has 9 heteroatoms. The van der Waals surface area contributed by atoms with Crippen LogP contribution in [-0.2, 0) is 9.59 Å². The summed E-state index contributed by atoms with van der Waals surface area (Å²) in [6, 6.07) is 12.7. The van der Waals surface area contributed by atoms with Gasteiger partial charge in [0.15, 0.2) is 0 Å². The minimum Gasteiger partial charge on any atom is -0.496 e. The molecule has 6 nitrogen and oxygen atoms in total. The van der Waals surface area contributed by atoms with E-state index in [4.69, 9.17) is 4.74 Å². The molecule has 0 bridgehead atoms. The average molecular weight is 493 g/mol. The molecule has 1 aliphatic rings. The molecule has 1 aliphatic heterocycles. The van der Waals surface area contributed by atoms with Crippen LogP contribution in [0.3, 0.4) is 0 Å². The number of hydrogen-bond donors (Lipinski definition) is 1. The van der Waals surface area contributed by atoms with Crippen LogP contribution in [0.15, 0.2) is 56.7 Å². The number of hydrogen-bond acceptors (Lipinski definition) is 6. The van der Waals surface area contributed by atoms with Gasteiger partial charge in [-0.3, -0.25) is 19.3 Å². The van der Waals surface area contributed by atoms with Crippen molar-refractivity contribution >= 4 is 68.3 Å². The van der Waals surface area contributed by atoms with Gasteiger partial charge in [-0.2, -0.15) is 0 Å². The number of carbonyl (C=O) groups excluding carboxylic acids is 3. The molecule has 1 fully saturated rings. The Kier molecular flexibility index (Phi) is 7.05. The van der Waals surface area contributed by atoms with Gasteiger partial charge in [-0.05, 0) is 75.9 Å². The Balaban J connectivity index is 1.70. The quantitative estimate of drug-likeness (QED) is 0.458. The number of nitrogens with one attached hydrogen (secondary N) is 1. The Hall–Kier alpha value is -2.23. The van der Waals surface area contributed by atoms with E-state index in [1.54, 1.807) is 49.2 Å². The highest BCUT2D eigenvalue weighted by molar-refractivity contribution is 9.10. The van der Waals surface area contributed by atoms with Gasteiger partial charge in [-0.25, -0.2) is 0 Å². The molecule has 0 aromatic heterocycles. The Morgan fingerprint density at radius 2 is 2.07 bits per heavy atom.